The molecule has 3 heteroatoms. The van der Waals surface area contributed by atoms with Crippen molar-refractivity contribution in [2.24, 2.45) is 0 Å². The van der Waals surface area contributed by atoms with E-state index in [-0.39, 0.29) is 18.2 Å². The van der Waals surface area contributed by atoms with Crippen molar-refractivity contribution in [3.63, 3.8) is 0 Å². The van der Waals surface area contributed by atoms with E-state index in [1.807, 2.05) is 0 Å². The van der Waals surface area contributed by atoms with Crippen LogP contribution in [-0.4, -0.2) is 41.9 Å². The van der Waals surface area contributed by atoms with Gasteiger partial charge in [-0.15, -0.1) is 0 Å². The fourth-order valence-electron chi connectivity index (χ4n) is 2.65. The van der Waals surface area contributed by atoms with E-state index in [4.69, 9.17) is 4.74 Å². The Morgan fingerprint density at radius 3 is 2.74 bits per heavy atom. The maximum absolute atomic E-state index is 9.68. The lowest BCUT2D eigenvalue weighted by Gasteiger charge is -2.36. The van der Waals surface area contributed by atoms with E-state index in [1.54, 1.807) is 0 Å². The fourth-order valence-corrected chi connectivity index (χ4v) is 2.65. The number of fused-ring (bicyclic) bond motifs is 1. The highest BCUT2D eigenvalue weighted by Gasteiger charge is 2.26. The summed E-state index contributed by atoms with van der Waals surface area (Å²) in [5, 5.41) is 9.68. The van der Waals surface area contributed by atoms with Gasteiger partial charge in [-0.3, -0.25) is 4.90 Å². The molecule has 106 valence electrons. The van der Waals surface area contributed by atoms with Crippen molar-refractivity contribution in [3.05, 3.63) is 35.4 Å². The van der Waals surface area contributed by atoms with Gasteiger partial charge in [-0.2, -0.15) is 0 Å². The summed E-state index contributed by atoms with van der Waals surface area (Å²) in [5.41, 5.74) is 2.55. The molecule has 1 aliphatic heterocycles. The second-order valence-electron chi connectivity index (χ2n) is 6.14. The first-order valence-corrected chi connectivity index (χ1v) is 7.08. The molecule has 0 fully saturated rings. The minimum atomic E-state index is -0.0948. The molecule has 0 aromatic heterocycles. The number of rotatable bonds is 4. The zero-order valence-electron chi connectivity index (χ0n) is 12.2. The molecule has 0 amide bonds. The van der Waals surface area contributed by atoms with Crippen LogP contribution in [0.5, 0.6) is 0 Å². The number of nitrogens with zero attached hydrogens (tertiary/aromatic N) is 1. The highest BCUT2D eigenvalue weighted by molar-refractivity contribution is 5.32. The molecule has 1 aliphatic rings. The zero-order valence-corrected chi connectivity index (χ0v) is 12.2. The van der Waals surface area contributed by atoms with Gasteiger partial charge in [0, 0.05) is 13.1 Å². The molecular weight excluding hydrogens is 238 g/mol. The highest BCUT2D eigenvalue weighted by Crippen LogP contribution is 2.28. The molecule has 1 heterocycles. The van der Waals surface area contributed by atoms with Crippen LogP contribution in [0.4, 0.5) is 0 Å². The third-order valence-electron chi connectivity index (χ3n) is 3.61. The van der Waals surface area contributed by atoms with Crippen LogP contribution >= 0.6 is 0 Å². The lowest BCUT2D eigenvalue weighted by molar-refractivity contribution is -0.0221. The van der Waals surface area contributed by atoms with Gasteiger partial charge in [0.2, 0.25) is 0 Å². The number of ether oxygens (including phenoxy) is 1. The van der Waals surface area contributed by atoms with E-state index >= 15 is 0 Å². The quantitative estimate of drug-likeness (QED) is 0.905. The summed E-state index contributed by atoms with van der Waals surface area (Å²) >= 11 is 0. The van der Waals surface area contributed by atoms with Gasteiger partial charge in [-0.25, -0.2) is 0 Å². The molecule has 1 aromatic rings. The Labute approximate surface area is 116 Å². The van der Waals surface area contributed by atoms with Crippen molar-refractivity contribution in [2.45, 2.75) is 38.8 Å². The van der Waals surface area contributed by atoms with Crippen LogP contribution in [0.15, 0.2) is 24.3 Å². The fraction of sp³-hybridized carbons (Fsp3) is 0.625. The molecule has 0 bridgehead atoms. The van der Waals surface area contributed by atoms with Crippen LogP contribution in [0, 0.1) is 0 Å². The molecular formula is C16H25NO2. The maximum atomic E-state index is 9.68. The highest BCUT2D eigenvalue weighted by atomic mass is 16.5. The molecule has 1 aromatic carbocycles. The number of benzene rings is 1. The van der Waals surface area contributed by atoms with Crippen molar-refractivity contribution in [3.8, 4) is 0 Å². The smallest absolute Gasteiger partial charge is 0.0628 e. The molecule has 1 N–H and O–H groups in total. The number of aliphatic hydroxyl groups is 1. The summed E-state index contributed by atoms with van der Waals surface area (Å²) in [4.78, 5) is 2.33. The Morgan fingerprint density at radius 2 is 2.05 bits per heavy atom. The van der Waals surface area contributed by atoms with E-state index in [0.29, 0.717) is 6.61 Å². The van der Waals surface area contributed by atoms with Crippen molar-refractivity contribution < 1.29 is 9.84 Å². The summed E-state index contributed by atoms with van der Waals surface area (Å²) < 4.78 is 5.79. The number of hydrogen-bond donors (Lipinski definition) is 1. The van der Waals surface area contributed by atoms with Crippen LogP contribution < -0.4 is 0 Å². The van der Waals surface area contributed by atoms with Crippen LogP contribution in [0.3, 0.4) is 0 Å². The minimum Gasteiger partial charge on any atom is -0.394 e. The summed E-state index contributed by atoms with van der Waals surface area (Å²) in [7, 11) is 0. The Kier molecular flexibility index (Phi) is 4.61. The molecule has 1 unspecified atom stereocenters. The van der Waals surface area contributed by atoms with E-state index in [2.05, 4.69) is 49.9 Å². The molecule has 0 saturated heterocycles. The molecule has 3 nitrogen and oxygen atoms in total. The van der Waals surface area contributed by atoms with Gasteiger partial charge >= 0.3 is 0 Å². The van der Waals surface area contributed by atoms with Crippen molar-refractivity contribution in [1.82, 2.24) is 4.90 Å². The molecule has 0 spiro atoms. The normalized spacial score (nSPS) is 20.3. The minimum absolute atomic E-state index is 0.0948. The zero-order chi connectivity index (χ0) is 13.9. The summed E-state index contributed by atoms with van der Waals surface area (Å²) in [6.07, 6.45) is 1.06. The standard InChI is InChI=1S/C16H25NO2/c1-16(2,3)19-11-10-17-9-8-13-6-4-5-7-14(13)15(17)12-18/h4-7,15,18H,8-12H2,1-3H3. The Hall–Kier alpha value is -0.900. The third-order valence-corrected chi connectivity index (χ3v) is 3.61. The van der Waals surface area contributed by atoms with Crippen LogP contribution in [0.1, 0.15) is 37.9 Å². The summed E-state index contributed by atoms with van der Waals surface area (Å²) in [6, 6.07) is 8.55. The molecule has 2 rings (SSSR count). The first-order chi connectivity index (χ1) is 9.01. The van der Waals surface area contributed by atoms with Crippen molar-refractivity contribution >= 4 is 0 Å². The van der Waals surface area contributed by atoms with E-state index < -0.39 is 0 Å². The maximum Gasteiger partial charge on any atom is 0.0628 e. The van der Waals surface area contributed by atoms with Crippen LogP contribution in [0.2, 0.25) is 0 Å². The third kappa shape index (κ3) is 3.78. The number of aliphatic hydroxyl groups excluding tert-OH is 1. The van der Waals surface area contributed by atoms with Crippen LogP contribution in [-0.2, 0) is 11.2 Å². The van der Waals surface area contributed by atoms with Gasteiger partial charge in [0.1, 0.15) is 0 Å². The van der Waals surface area contributed by atoms with E-state index in [9.17, 15) is 5.11 Å². The van der Waals surface area contributed by atoms with Gasteiger partial charge in [0.25, 0.3) is 0 Å². The second-order valence-corrected chi connectivity index (χ2v) is 6.14. The average molecular weight is 263 g/mol. The summed E-state index contributed by atoms with van der Waals surface area (Å²) in [5.74, 6) is 0. The van der Waals surface area contributed by atoms with E-state index in [1.165, 1.54) is 11.1 Å². The summed E-state index contributed by atoms with van der Waals surface area (Å²) in [6.45, 7) is 8.97. The average Bonchev–Trinajstić information content (AvgIpc) is 2.37. The topological polar surface area (TPSA) is 32.7 Å². The van der Waals surface area contributed by atoms with Crippen molar-refractivity contribution in [2.75, 3.05) is 26.3 Å². The molecule has 0 aliphatic carbocycles. The lowest BCUT2D eigenvalue weighted by Crippen LogP contribution is -2.40. The van der Waals surface area contributed by atoms with Gasteiger partial charge in [0.15, 0.2) is 0 Å². The van der Waals surface area contributed by atoms with Gasteiger partial charge in [-0.1, -0.05) is 24.3 Å². The largest absolute Gasteiger partial charge is 0.394 e. The Bertz CT molecular complexity index is 411. The predicted molar refractivity (Wildman–Crippen MR) is 77.3 cm³/mol. The number of hydrogen-bond acceptors (Lipinski definition) is 3. The van der Waals surface area contributed by atoms with Gasteiger partial charge < -0.3 is 9.84 Å². The van der Waals surface area contributed by atoms with Gasteiger partial charge in [-0.05, 0) is 38.3 Å². The second kappa shape index (κ2) is 6.04. The predicted octanol–water partition coefficient (Wildman–Crippen LogP) is 2.39. The Balaban J connectivity index is 2.00. The van der Waals surface area contributed by atoms with Crippen LogP contribution in [0.25, 0.3) is 0 Å². The SMILES string of the molecule is CC(C)(C)OCCN1CCc2ccccc2C1CO. The van der Waals surface area contributed by atoms with Gasteiger partial charge in [0.05, 0.1) is 24.9 Å². The monoisotopic (exact) mass is 263 g/mol. The molecule has 0 saturated carbocycles. The van der Waals surface area contributed by atoms with E-state index in [0.717, 1.165) is 19.5 Å². The first-order valence-electron chi connectivity index (χ1n) is 7.08. The molecule has 0 radical (unpaired) electrons. The molecule has 1 atom stereocenters. The first kappa shape index (κ1) is 14.5. The van der Waals surface area contributed by atoms with Crippen molar-refractivity contribution in [1.29, 1.82) is 0 Å². The molecule has 19 heavy (non-hydrogen) atoms. The Morgan fingerprint density at radius 1 is 1.32 bits per heavy atom. The lowest BCUT2D eigenvalue weighted by atomic mass is 9.93.